The standard InChI is InChI=1S/C18H21ClN2O2/c1-21(2)16-5-3-4-13(10-16)12-20-18(23)11-17(22)14-6-8-15(19)9-7-14/h3-10,17,22H,11-12H2,1-2H3,(H,20,23)/t17-/m1/s1. The topological polar surface area (TPSA) is 52.6 Å². The highest BCUT2D eigenvalue weighted by molar-refractivity contribution is 6.30. The van der Waals surface area contributed by atoms with E-state index in [2.05, 4.69) is 5.32 Å². The van der Waals surface area contributed by atoms with Crippen LogP contribution in [-0.4, -0.2) is 25.1 Å². The molecule has 0 heterocycles. The fourth-order valence-corrected chi connectivity index (χ4v) is 2.32. The molecular weight excluding hydrogens is 312 g/mol. The minimum atomic E-state index is -0.833. The van der Waals surface area contributed by atoms with Crippen LogP contribution < -0.4 is 10.2 Å². The Kier molecular flexibility index (Phi) is 6.02. The number of halogens is 1. The lowest BCUT2D eigenvalue weighted by Gasteiger charge is -2.14. The van der Waals surface area contributed by atoms with E-state index >= 15 is 0 Å². The van der Waals surface area contributed by atoms with Crippen LogP contribution in [0.25, 0.3) is 0 Å². The number of nitrogens with one attached hydrogen (secondary N) is 1. The predicted molar refractivity (Wildman–Crippen MR) is 93.6 cm³/mol. The van der Waals surface area contributed by atoms with Crippen molar-refractivity contribution in [3.8, 4) is 0 Å². The molecule has 2 aromatic rings. The monoisotopic (exact) mass is 332 g/mol. The Balaban J connectivity index is 1.87. The van der Waals surface area contributed by atoms with E-state index in [1.165, 1.54) is 0 Å². The summed E-state index contributed by atoms with van der Waals surface area (Å²) in [5, 5.41) is 13.5. The number of rotatable bonds is 6. The first-order valence-corrected chi connectivity index (χ1v) is 7.80. The van der Waals surface area contributed by atoms with E-state index in [0.29, 0.717) is 17.1 Å². The zero-order valence-corrected chi connectivity index (χ0v) is 14.0. The molecule has 1 amide bonds. The van der Waals surface area contributed by atoms with Crippen LogP contribution in [0.15, 0.2) is 48.5 Å². The number of aliphatic hydroxyl groups is 1. The van der Waals surface area contributed by atoms with Crippen LogP contribution in [0.2, 0.25) is 5.02 Å². The molecule has 2 aromatic carbocycles. The summed E-state index contributed by atoms with van der Waals surface area (Å²) in [5.41, 5.74) is 2.78. The van der Waals surface area contributed by atoms with Gasteiger partial charge in [0.25, 0.3) is 0 Å². The number of anilines is 1. The summed E-state index contributed by atoms with van der Waals surface area (Å²) in [7, 11) is 3.94. The van der Waals surface area contributed by atoms with Gasteiger partial charge in [0, 0.05) is 31.4 Å². The Morgan fingerprint density at radius 1 is 1.22 bits per heavy atom. The van der Waals surface area contributed by atoms with Crippen molar-refractivity contribution in [2.24, 2.45) is 0 Å². The lowest BCUT2D eigenvalue weighted by atomic mass is 10.1. The third-order valence-corrected chi connectivity index (χ3v) is 3.80. The molecule has 0 aliphatic carbocycles. The average Bonchev–Trinajstić information content (AvgIpc) is 2.53. The SMILES string of the molecule is CN(C)c1cccc(CNC(=O)C[C@@H](O)c2ccc(Cl)cc2)c1. The first-order valence-electron chi connectivity index (χ1n) is 7.42. The molecule has 0 radical (unpaired) electrons. The van der Waals surface area contributed by atoms with E-state index in [9.17, 15) is 9.90 Å². The number of nitrogens with zero attached hydrogens (tertiary/aromatic N) is 1. The van der Waals surface area contributed by atoms with Gasteiger partial charge in [0.2, 0.25) is 5.91 Å². The van der Waals surface area contributed by atoms with E-state index in [1.54, 1.807) is 24.3 Å². The second kappa shape index (κ2) is 7.99. The molecule has 0 aromatic heterocycles. The van der Waals surface area contributed by atoms with Gasteiger partial charge in [0.1, 0.15) is 0 Å². The van der Waals surface area contributed by atoms with Crippen molar-refractivity contribution in [3.05, 3.63) is 64.7 Å². The molecule has 23 heavy (non-hydrogen) atoms. The van der Waals surface area contributed by atoms with Crippen LogP contribution >= 0.6 is 11.6 Å². The second-order valence-corrected chi connectivity index (χ2v) is 6.05. The van der Waals surface area contributed by atoms with Crippen LogP contribution in [0.4, 0.5) is 5.69 Å². The summed E-state index contributed by atoms with van der Waals surface area (Å²) in [6.45, 7) is 0.438. The second-order valence-electron chi connectivity index (χ2n) is 5.61. The normalized spacial score (nSPS) is 11.8. The zero-order valence-electron chi connectivity index (χ0n) is 13.3. The number of carbonyl (C=O) groups excluding carboxylic acids is 1. The number of hydrogen-bond donors (Lipinski definition) is 2. The van der Waals surface area contributed by atoms with E-state index in [1.807, 2.05) is 43.3 Å². The third-order valence-electron chi connectivity index (χ3n) is 3.55. The zero-order chi connectivity index (χ0) is 16.8. The summed E-state index contributed by atoms with van der Waals surface area (Å²) in [6, 6.07) is 14.8. The van der Waals surface area contributed by atoms with Gasteiger partial charge in [-0.1, -0.05) is 35.9 Å². The minimum absolute atomic E-state index is 0.0228. The molecular formula is C18H21ClN2O2. The highest BCUT2D eigenvalue weighted by atomic mass is 35.5. The number of aliphatic hydroxyl groups excluding tert-OH is 1. The van der Waals surface area contributed by atoms with Gasteiger partial charge in [-0.15, -0.1) is 0 Å². The van der Waals surface area contributed by atoms with Crippen LogP contribution in [0.1, 0.15) is 23.7 Å². The Hall–Kier alpha value is -2.04. The van der Waals surface area contributed by atoms with Gasteiger partial charge in [0.15, 0.2) is 0 Å². The molecule has 122 valence electrons. The van der Waals surface area contributed by atoms with Crippen LogP contribution in [0, 0.1) is 0 Å². The maximum atomic E-state index is 12.0. The van der Waals surface area contributed by atoms with Gasteiger partial charge < -0.3 is 15.3 Å². The Bertz CT molecular complexity index is 656. The van der Waals surface area contributed by atoms with E-state index < -0.39 is 6.10 Å². The fourth-order valence-electron chi connectivity index (χ4n) is 2.20. The van der Waals surface area contributed by atoms with Crippen LogP contribution in [-0.2, 0) is 11.3 Å². The number of hydrogen-bond acceptors (Lipinski definition) is 3. The highest BCUT2D eigenvalue weighted by Gasteiger charge is 2.12. The van der Waals surface area contributed by atoms with Gasteiger partial charge >= 0.3 is 0 Å². The third kappa shape index (κ3) is 5.27. The van der Waals surface area contributed by atoms with Crippen LogP contribution in [0.3, 0.4) is 0 Å². The molecule has 0 spiro atoms. The molecule has 0 aliphatic heterocycles. The highest BCUT2D eigenvalue weighted by Crippen LogP contribution is 2.19. The Labute approximate surface area is 141 Å². The van der Waals surface area contributed by atoms with Gasteiger partial charge in [-0.25, -0.2) is 0 Å². The number of amides is 1. The summed E-state index contributed by atoms with van der Waals surface area (Å²) >= 11 is 5.81. The summed E-state index contributed by atoms with van der Waals surface area (Å²) in [6.07, 6.45) is -0.810. The Morgan fingerprint density at radius 2 is 1.91 bits per heavy atom. The van der Waals surface area contributed by atoms with E-state index in [-0.39, 0.29) is 12.3 Å². The molecule has 0 saturated carbocycles. The smallest absolute Gasteiger partial charge is 0.223 e. The van der Waals surface area contributed by atoms with Crippen molar-refractivity contribution in [1.29, 1.82) is 0 Å². The molecule has 0 fully saturated rings. The minimum Gasteiger partial charge on any atom is -0.388 e. The quantitative estimate of drug-likeness (QED) is 0.854. The van der Waals surface area contributed by atoms with Crippen LogP contribution in [0.5, 0.6) is 0 Å². The molecule has 2 rings (SSSR count). The van der Waals surface area contributed by atoms with Crippen molar-refractivity contribution in [2.45, 2.75) is 19.1 Å². The predicted octanol–water partition coefficient (Wildman–Crippen LogP) is 3.15. The van der Waals surface area contributed by atoms with E-state index in [4.69, 9.17) is 11.6 Å². The van der Waals surface area contributed by atoms with Crippen molar-refractivity contribution < 1.29 is 9.90 Å². The molecule has 0 unspecified atom stereocenters. The summed E-state index contributed by atoms with van der Waals surface area (Å²) in [4.78, 5) is 14.0. The summed E-state index contributed by atoms with van der Waals surface area (Å²) in [5.74, 6) is -0.192. The molecule has 5 heteroatoms. The molecule has 0 bridgehead atoms. The lowest BCUT2D eigenvalue weighted by molar-refractivity contribution is -0.123. The van der Waals surface area contributed by atoms with Crippen molar-refractivity contribution >= 4 is 23.2 Å². The van der Waals surface area contributed by atoms with E-state index in [0.717, 1.165) is 11.3 Å². The Morgan fingerprint density at radius 3 is 2.57 bits per heavy atom. The number of benzene rings is 2. The average molecular weight is 333 g/mol. The molecule has 0 saturated heterocycles. The molecule has 4 nitrogen and oxygen atoms in total. The molecule has 0 aliphatic rings. The first-order chi connectivity index (χ1) is 11.0. The van der Waals surface area contributed by atoms with Gasteiger partial charge in [-0.05, 0) is 35.4 Å². The number of carbonyl (C=O) groups is 1. The maximum absolute atomic E-state index is 12.0. The lowest BCUT2D eigenvalue weighted by Crippen LogP contribution is -2.24. The largest absolute Gasteiger partial charge is 0.388 e. The van der Waals surface area contributed by atoms with Gasteiger partial charge in [-0.2, -0.15) is 0 Å². The maximum Gasteiger partial charge on any atom is 0.223 e. The first kappa shape index (κ1) is 17.3. The van der Waals surface area contributed by atoms with Gasteiger partial charge in [0.05, 0.1) is 12.5 Å². The summed E-state index contributed by atoms with van der Waals surface area (Å²) < 4.78 is 0. The van der Waals surface area contributed by atoms with Crippen molar-refractivity contribution in [3.63, 3.8) is 0 Å². The fraction of sp³-hybridized carbons (Fsp3) is 0.278. The van der Waals surface area contributed by atoms with Crippen molar-refractivity contribution in [1.82, 2.24) is 5.32 Å². The van der Waals surface area contributed by atoms with Crippen molar-refractivity contribution in [2.75, 3.05) is 19.0 Å². The molecule has 1 atom stereocenters. The molecule has 2 N–H and O–H groups in total. The van der Waals surface area contributed by atoms with Gasteiger partial charge in [-0.3, -0.25) is 4.79 Å².